The molecule has 58 heavy (non-hydrogen) atoms. The molecule has 2 aliphatic carbocycles. The summed E-state index contributed by atoms with van der Waals surface area (Å²) in [6.07, 6.45) is 3.42. The number of fused-ring (bicyclic) bond motifs is 1. The molecule has 0 N–H and O–H groups in total. The van der Waals surface area contributed by atoms with Crippen molar-refractivity contribution in [3.8, 4) is 0 Å². The highest BCUT2D eigenvalue weighted by Gasteiger charge is 2.48. The number of rotatable bonds is 11. The molecule has 0 aliphatic heterocycles. The Bertz CT molecular complexity index is 2160. The summed E-state index contributed by atoms with van der Waals surface area (Å²) in [5, 5.41) is 33.8. The number of nitro benzene ring substituents is 3. The third-order valence-corrected chi connectivity index (χ3v) is 8.85. The summed E-state index contributed by atoms with van der Waals surface area (Å²) in [6, 6.07) is 13.8. The maximum Gasteiger partial charge on any atom is 0.339 e. The fourth-order valence-electron chi connectivity index (χ4n) is 5.91. The lowest BCUT2D eigenvalue weighted by Gasteiger charge is -2.44. The molecule has 2 aliphatic rings. The number of alkyl halides is 4. The first-order valence-corrected chi connectivity index (χ1v) is 18.7. The van der Waals surface area contributed by atoms with Gasteiger partial charge >= 0.3 is 17.9 Å². The third kappa shape index (κ3) is 11.7. The third-order valence-electron chi connectivity index (χ3n) is 8.85. The highest BCUT2D eigenvalue weighted by atomic mass is 35.5. The van der Waals surface area contributed by atoms with Crippen molar-refractivity contribution in [1.82, 2.24) is 0 Å². The van der Waals surface area contributed by atoms with Crippen LogP contribution < -0.4 is 0 Å². The molecule has 0 amide bonds. The van der Waals surface area contributed by atoms with Crippen LogP contribution in [0.4, 0.5) is 17.1 Å². The number of hydrogen-bond acceptors (Lipinski definition) is 13. The van der Waals surface area contributed by atoms with Gasteiger partial charge in [-0.15, -0.1) is 46.4 Å². The quantitative estimate of drug-likeness (QED) is 0.0577. The van der Waals surface area contributed by atoms with E-state index in [9.17, 15) is 49.5 Å². The molecule has 0 spiro atoms. The van der Waals surface area contributed by atoms with Crippen LogP contribution in [0.25, 0.3) is 0 Å². The van der Waals surface area contributed by atoms with Gasteiger partial charge in [0.2, 0.25) is 0 Å². The number of ether oxygens (including phenoxy) is 3. The lowest BCUT2D eigenvalue weighted by atomic mass is 9.65. The van der Waals surface area contributed by atoms with Crippen molar-refractivity contribution in [2.45, 2.75) is 38.9 Å². The van der Waals surface area contributed by atoms with Crippen molar-refractivity contribution in [2.24, 2.45) is 5.41 Å². The Morgan fingerprint density at radius 3 is 1.55 bits per heavy atom. The molecule has 3 aromatic rings. The Kier molecular flexibility index (Phi) is 16.6. The number of ketones is 1. The second-order valence-electron chi connectivity index (χ2n) is 12.7. The number of benzene rings is 3. The summed E-state index contributed by atoms with van der Waals surface area (Å²) in [7, 11) is 0. The van der Waals surface area contributed by atoms with Crippen molar-refractivity contribution >= 4 is 87.2 Å². The smallest absolute Gasteiger partial charge is 0.339 e. The predicted octanol–water partition coefficient (Wildman–Crippen LogP) is 9.04. The van der Waals surface area contributed by atoms with E-state index in [4.69, 9.17) is 60.6 Å². The highest BCUT2D eigenvalue weighted by Crippen LogP contribution is 2.48. The maximum atomic E-state index is 13.6. The largest absolute Gasteiger partial charge is 0.457 e. The minimum absolute atomic E-state index is 0.0228. The monoisotopic (exact) mass is 879 g/mol. The maximum absolute atomic E-state index is 13.6. The molecule has 5 rings (SSSR count). The molecule has 0 saturated carbocycles. The van der Waals surface area contributed by atoms with Gasteiger partial charge in [-0.2, -0.15) is 0 Å². The zero-order valence-corrected chi connectivity index (χ0v) is 33.8. The molecule has 3 atom stereocenters. The van der Waals surface area contributed by atoms with Crippen LogP contribution in [0.5, 0.6) is 0 Å². The minimum Gasteiger partial charge on any atom is -0.457 e. The zero-order valence-electron chi connectivity index (χ0n) is 30.7. The van der Waals surface area contributed by atoms with E-state index < -0.39 is 56.4 Å². The summed E-state index contributed by atoms with van der Waals surface area (Å²) < 4.78 is 17.6. The minimum atomic E-state index is -1.94. The van der Waals surface area contributed by atoms with E-state index in [1.165, 1.54) is 55.5 Å². The number of nitrogens with zero attached hydrogens (tertiary/aromatic N) is 3. The molecule has 0 aromatic heterocycles. The van der Waals surface area contributed by atoms with Gasteiger partial charge in [0.05, 0.1) is 42.1 Å². The molecule has 0 radical (unpaired) electrons. The van der Waals surface area contributed by atoms with Gasteiger partial charge in [0.1, 0.15) is 12.7 Å². The lowest BCUT2D eigenvalue weighted by Crippen LogP contribution is -2.48. The van der Waals surface area contributed by atoms with Gasteiger partial charge in [-0.3, -0.25) is 35.1 Å². The van der Waals surface area contributed by atoms with Crippen LogP contribution in [0.2, 0.25) is 0 Å². The number of nitro groups is 3. The van der Waals surface area contributed by atoms with Gasteiger partial charge in [-0.25, -0.2) is 14.4 Å². The van der Waals surface area contributed by atoms with Crippen LogP contribution >= 0.6 is 46.4 Å². The topological polar surface area (TPSA) is 225 Å². The average Bonchev–Trinajstić information content (AvgIpc) is 3.19. The molecule has 20 heteroatoms. The van der Waals surface area contributed by atoms with Gasteiger partial charge in [-0.05, 0) is 61.9 Å². The SMILES string of the molecule is CC1=C2C=C([C@](C)(COC(=O)c3ccc([N+](=O)[O-])cc3)OC(=O)c3ccc([N+](=O)[O-])cc3)[C@H](OC(=O)c3ccc([N+](=O)[O-])cc3)C[C@]2(C)C=CC1=O.ClCCl.ClCCl. The van der Waals surface area contributed by atoms with E-state index in [1.807, 2.05) is 6.92 Å². The molecule has 0 fully saturated rings. The van der Waals surface area contributed by atoms with Crippen LogP contribution in [-0.4, -0.2) is 67.5 Å². The number of carbonyl (C=O) groups excluding carboxylic acids is 4. The number of non-ortho nitro benzene ring substituents is 3. The van der Waals surface area contributed by atoms with Crippen molar-refractivity contribution < 1.29 is 48.2 Å². The van der Waals surface area contributed by atoms with E-state index >= 15 is 0 Å². The van der Waals surface area contributed by atoms with Crippen molar-refractivity contribution in [1.29, 1.82) is 0 Å². The lowest BCUT2D eigenvalue weighted by molar-refractivity contribution is -0.385. The summed E-state index contributed by atoms with van der Waals surface area (Å²) in [6.45, 7) is 4.11. The first-order valence-electron chi connectivity index (χ1n) is 16.6. The van der Waals surface area contributed by atoms with Crippen LogP contribution in [0, 0.1) is 35.8 Å². The number of allylic oxidation sites excluding steroid dienone is 5. The van der Waals surface area contributed by atoms with Crippen molar-refractivity contribution in [2.75, 3.05) is 17.3 Å². The second-order valence-corrected chi connectivity index (χ2v) is 14.3. The molecular formula is C38H33Cl4N3O13. The second kappa shape index (κ2) is 20.7. The van der Waals surface area contributed by atoms with Gasteiger partial charge in [0.25, 0.3) is 17.1 Å². The summed E-state index contributed by atoms with van der Waals surface area (Å²) in [5.41, 5.74) is -2.85. The Morgan fingerprint density at radius 1 is 0.741 bits per heavy atom. The van der Waals surface area contributed by atoms with E-state index in [2.05, 4.69) is 0 Å². The number of halogens is 4. The van der Waals surface area contributed by atoms with Gasteiger partial charge in [0.15, 0.2) is 11.4 Å². The van der Waals surface area contributed by atoms with Gasteiger partial charge in [-0.1, -0.05) is 19.1 Å². The standard InChI is InChI=1S/C36H29N3O13.2CH2Cl2/c1-21-28-18-29(31(19-35(28,2)17-16-30(21)40)51-33(42)23-6-12-26(13-7-23)38(46)47)36(3,52-34(43)24-8-14-27(15-9-24)39(48)49)20-50-32(41)22-4-10-25(11-5-22)37(44)45;2*2-1-3/h4-18,31H,19-20H2,1-3H3;2*1H2/t31-,35+,36+;;/m1../s1. The molecule has 3 aromatic carbocycles. The van der Waals surface area contributed by atoms with E-state index in [0.29, 0.717) is 11.1 Å². The molecule has 306 valence electrons. The van der Waals surface area contributed by atoms with Crippen LogP contribution in [0.1, 0.15) is 58.3 Å². The first-order chi connectivity index (χ1) is 27.3. The molecule has 0 saturated heterocycles. The number of carbonyl (C=O) groups is 4. The fourth-order valence-corrected chi connectivity index (χ4v) is 5.91. The van der Waals surface area contributed by atoms with E-state index in [-0.39, 0.29) is 62.2 Å². The fraction of sp³-hybridized carbons (Fsp3) is 0.263. The van der Waals surface area contributed by atoms with Crippen LogP contribution in [0.3, 0.4) is 0 Å². The molecule has 0 heterocycles. The number of esters is 3. The van der Waals surface area contributed by atoms with Crippen molar-refractivity contribution in [3.63, 3.8) is 0 Å². The summed E-state index contributed by atoms with van der Waals surface area (Å²) in [5.74, 6) is -3.12. The van der Waals surface area contributed by atoms with Crippen molar-refractivity contribution in [3.05, 3.63) is 155 Å². The predicted molar refractivity (Wildman–Crippen MR) is 213 cm³/mol. The highest BCUT2D eigenvalue weighted by molar-refractivity contribution is 6.41. The number of hydrogen-bond donors (Lipinski definition) is 0. The average molecular weight is 882 g/mol. The summed E-state index contributed by atoms with van der Waals surface area (Å²) in [4.78, 5) is 84.7. The van der Waals surface area contributed by atoms with Crippen LogP contribution in [0.15, 0.2) is 108 Å². The Morgan fingerprint density at radius 2 is 1.14 bits per heavy atom. The molecule has 0 bridgehead atoms. The normalized spacial score (nSPS) is 17.7. The summed E-state index contributed by atoms with van der Waals surface area (Å²) >= 11 is 19.1. The molecule has 16 nitrogen and oxygen atoms in total. The Labute approximate surface area is 350 Å². The van der Waals surface area contributed by atoms with Gasteiger partial charge in [0, 0.05) is 59.4 Å². The first kappa shape index (κ1) is 46.7. The van der Waals surface area contributed by atoms with Gasteiger partial charge < -0.3 is 14.2 Å². The Balaban J connectivity index is 0.00000141. The van der Waals surface area contributed by atoms with E-state index in [1.54, 1.807) is 13.0 Å². The molecule has 0 unspecified atom stereocenters. The molecular weight excluding hydrogens is 848 g/mol. The van der Waals surface area contributed by atoms with Crippen LogP contribution in [-0.2, 0) is 19.0 Å². The van der Waals surface area contributed by atoms with E-state index in [0.717, 1.165) is 36.4 Å². The Hall–Kier alpha value is -5.68. The zero-order chi connectivity index (χ0) is 43.4.